The SMILES string of the molecule is COC(=O)[C@H](Cc1cccc(I)c1)NC(=O)CNC(=O)OCc1ccccc1. The van der Waals surface area contributed by atoms with Crippen LogP contribution in [0.15, 0.2) is 54.6 Å². The summed E-state index contributed by atoms with van der Waals surface area (Å²) in [4.78, 5) is 35.8. The van der Waals surface area contributed by atoms with Crippen LogP contribution in [0, 0.1) is 3.57 Å². The summed E-state index contributed by atoms with van der Waals surface area (Å²) < 4.78 is 10.8. The topological polar surface area (TPSA) is 93.7 Å². The second-order valence-electron chi connectivity index (χ2n) is 5.89. The molecule has 0 aliphatic carbocycles. The first kappa shape index (κ1) is 21.7. The Morgan fingerprint density at radius 3 is 2.43 bits per heavy atom. The van der Waals surface area contributed by atoms with Gasteiger partial charge in [0.05, 0.1) is 7.11 Å². The van der Waals surface area contributed by atoms with Gasteiger partial charge in [-0.05, 0) is 45.9 Å². The highest BCUT2D eigenvalue weighted by atomic mass is 127. The van der Waals surface area contributed by atoms with Crippen molar-refractivity contribution in [3.05, 3.63) is 69.3 Å². The number of hydrogen-bond acceptors (Lipinski definition) is 5. The summed E-state index contributed by atoms with van der Waals surface area (Å²) in [5, 5.41) is 4.94. The first-order chi connectivity index (χ1) is 13.5. The van der Waals surface area contributed by atoms with Crippen LogP contribution in [0.3, 0.4) is 0 Å². The molecule has 28 heavy (non-hydrogen) atoms. The van der Waals surface area contributed by atoms with E-state index in [1.165, 1.54) is 7.11 Å². The lowest BCUT2D eigenvalue weighted by atomic mass is 10.1. The van der Waals surface area contributed by atoms with E-state index in [1.807, 2.05) is 54.6 Å². The third-order valence-electron chi connectivity index (χ3n) is 3.76. The predicted octanol–water partition coefficient (Wildman–Crippen LogP) is 2.42. The molecule has 2 aromatic rings. The number of benzene rings is 2. The minimum atomic E-state index is -0.849. The van der Waals surface area contributed by atoms with E-state index >= 15 is 0 Å². The standard InChI is InChI=1S/C20H21IN2O5/c1-27-19(25)17(11-15-8-5-9-16(21)10-15)23-18(24)12-22-20(26)28-13-14-6-3-2-4-7-14/h2-10,17H,11-13H2,1H3,(H,22,26)(H,23,24)/t17-/m0/s1. The smallest absolute Gasteiger partial charge is 0.407 e. The van der Waals surface area contributed by atoms with Gasteiger partial charge in [0, 0.05) is 9.99 Å². The minimum Gasteiger partial charge on any atom is -0.467 e. The predicted molar refractivity (Wildman–Crippen MR) is 111 cm³/mol. The molecular formula is C20H21IN2O5. The molecule has 0 radical (unpaired) electrons. The average molecular weight is 496 g/mol. The molecule has 2 aromatic carbocycles. The van der Waals surface area contributed by atoms with Crippen LogP contribution >= 0.6 is 22.6 Å². The summed E-state index contributed by atoms with van der Waals surface area (Å²) in [6.45, 7) is -0.209. The van der Waals surface area contributed by atoms with Gasteiger partial charge in [0.25, 0.3) is 0 Å². The number of esters is 1. The third-order valence-corrected chi connectivity index (χ3v) is 4.43. The normalized spacial score (nSPS) is 11.2. The van der Waals surface area contributed by atoms with Gasteiger partial charge in [-0.25, -0.2) is 9.59 Å². The lowest BCUT2D eigenvalue weighted by molar-refractivity contribution is -0.144. The number of nitrogens with one attached hydrogen (secondary N) is 2. The Labute approximate surface area is 176 Å². The van der Waals surface area contributed by atoms with Crippen molar-refractivity contribution in [1.82, 2.24) is 10.6 Å². The summed E-state index contributed by atoms with van der Waals surface area (Å²) in [5.74, 6) is -1.07. The Balaban J connectivity index is 1.82. The molecule has 2 amide bonds. The lowest BCUT2D eigenvalue weighted by Crippen LogP contribution is -2.47. The number of halogens is 1. The van der Waals surface area contributed by atoms with E-state index in [-0.39, 0.29) is 19.6 Å². The van der Waals surface area contributed by atoms with Gasteiger partial charge < -0.3 is 20.1 Å². The summed E-state index contributed by atoms with van der Waals surface area (Å²) in [5.41, 5.74) is 1.73. The molecular weight excluding hydrogens is 475 g/mol. The van der Waals surface area contributed by atoms with Crippen LogP contribution in [0.4, 0.5) is 4.79 Å². The molecule has 2 N–H and O–H groups in total. The second kappa shape index (κ2) is 11.3. The maximum atomic E-state index is 12.1. The lowest BCUT2D eigenvalue weighted by Gasteiger charge is -2.17. The fourth-order valence-electron chi connectivity index (χ4n) is 2.41. The molecule has 0 heterocycles. The molecule has 8 heteroatoms. The molecule has 148 valence electrons. The molecule has 7 nitrogen and oxygen atoms in total. The first-order valence-electron chi connectivity index (χ1n) is 8.54. The van der Waals surface area contributed by atoms with Crippen molar-refractivity contribution in [3.8, 4) is 0 Å². The van der Waals surface area contributed by atoms with Crippen LogP contribution in [-0.4, -0.2) is 37.7 Å². The van der Waals surface area contributed by atoms with Crippen molar-refractivity contribution in [2.24, 2.45) is 0 Å². The van der Waals surface area contributed by atoms with E-state index in [0.29, 0.717) is 0 Å². The van der Waals surface area contributed by atoms with E-state index in [0.717, 1.165) is 14.7 Å². The molecule has 0 fully saturated rings. The zero-order valence-corrected chi connectivity index (χ0v) is 17.5. The number of hydrogen-bond donors (Lipinski definition) is 2. The van der Waals surface area contributed by atoms with Gasteiger partial charge >= 0.3 is 12.1 Å². The van der Waals surface area contributed by atoms with E-state index in [2.05, 4.69) is 33.2 Å². The Morgan fingerprint density at radius 2 is 1.75 bits per heavy atom. The van der Waals surface area contributed by atoms with Gasteiger partial charge in [-0.3, -0.25) is 4.79 Å². The van der Waals surface area contributed by atoms with Crippen molar-refractivity contribution < 1.29 is 23.9 Å². The zero-order chi connectivity index (χ0) is 20.4. The number of alkyl carbamates (subject to hydrolysis) is 1. The number of rotatable bonds is 8. The molecule has 0 saturated heterocycles. The Morgan fingerprint density at radius 1 is 1.04 bits per heavy atom. The van der Waals surface area contributed by atoms with Crippen molar-refractivity contribution in [2.45, 2.75) is 19.1 Å². The summed E-state index contributed by atoms with van der Waals surface area (Å²) in [6, 6.07) is 15.9. The average Bonchev–Trinajstić information content (AvgIpc) is 2.70. The van der Waals surface area contributed by atoms with Crippen LogP contribution in [0.25, 0.3) is 0 Å². The van der Waals surface area contributed by atoms with Crippen LogP contribution in [0.2, 0.25) is 0 Å². The number of ether oxygens (including phenoxy) is 2. The van der Waals surface area contributed by atoms with Crippen molar-refractivity contribution >= 4 is 40.6 Å². The molecule has 2 rings (SSSR count). The molecule has 0 aliphatic rings. The quantitative estimate of drug-likeness (QED) is 0.433. The second-order valence-corrected chi connectivity index (χ2v) is 7.14. The Bertz CT molecular complexity index is 813. The van der Waals surface area contributed by atoms with Gasteiger partial charge in [0.1, 0.15) is 19.2 Å². The minimum absolute atomic E-state index is 0.103. The maximum absolute atomic E-state index is 12.1. The van der Waals surface area contributed by atoms with Gasteiger partial charge in [-0.1, -0.05) is 42.5 Å². The van der Waals surface area contributed by atoms with Crippen LogP contribution in [-0.2, 0) is 32.1 Å². The van der Waals surface area contributed by atoms with Gasteiger partial charge in [0.15, 0.2) is 0 Å². The number of carbonyl (C=O) groups excluding carboxylic acids is 3. The number of methoxy groups -OCH3 is 1. The Kier molecular flexibility index (Phi) is 8.73. The largest absolute Gasteiger partial charge is 0.467 e. The summed E-state index contributed by atoms with van der Waals surface area (Å²) in [6.07, 6.45) is -0.431. The molecule has 0 unspecified atom stereocenters. The van der Waals surface area contributed by atoms with Crippen LogP contribution in [0.5, 0.6) is 0 Å². The number of amides is 2. The highest BCUT2D eigenvalue weighted by Gasteiger charge is 2.22. The number of carbonyl (C=O) groups is 3. The van der Waals surface area contributed by atoms with Gasteiger partial charge in [-0.2, -0.15) is 0 Å². The fraction of sp³-hybridized carbons (Fsp3) is 0.250. The highest BCUT2D eigenvalue weighted by Crippen LogP contribution is 2.10. The molecule has 0 spiro atoms. The maximum Gasteiger partial charge on any atom is 0.407 e. The van der Waals surface area contributed by atoms with E-state index < -0.39 is 24.0 Å². The van der Waals surface area contributed by atoms with E-state index in [4.69, 9.17) is 9.47 Å². The molecule has 0 aliphatic heterocycles. The monoisotopic (exact) mass is 496 g/mol. The van der Waals surface area contributed by atoms with Crippen molar-refractivity contribution in [3.63, 3.8) is 0 Å². The molecule has 0 aromatic heterocycles. The fourth-order valence-corrected chi connectivity index (χ4v) is 3.01. The van der Waals surface area contributed by atoms with Gasteiger partial charge in [0.2, 0.25) is 5.91 Å². The molecule has 0 saturated carbocycles. The van der Waals surface area contributed by atoms with E-state index in [9.17, 15) is 14.4 Å². The molecule has 0 bridgehead atoms. The zero-order valence-electron chi connectivity index (χ0n) is 15.3. The highest BCUT2D eigenvalue weighted by molar-refractivity contribution is 14.1. The van der Waals surface area contributed by atoms with Gasteiger partial charge in [-0.15, -0.1) is 0 Å². The van der Waals surface area contributed by atoms with Crippen molar-refractivity contribution in [1.29, 1.82) is 0 Å². The van der Waals surface area contributed by atoms with Crippen LogP contribution in [0.1, 0.15) is 11.1 Å². The van der Waals surface area contributed by atoms with Crippen LogP contribution < -0.4 is 10.6 Å². The molecule has 1 atom stereocenters. The van der Waals surface area contributed by atoms with Crippen molar-refractivity contribution in [2.75, 3.05) is 13.7 Å². The summed E-state index contributed by atoms with van der Waals surface area (Å²) in [7, 11) is 1.26. The summed E-state index contributed by atoms with van der Waals surface area (Å²) >= 11 is 2.17. The Hall–Kier alpha value is -2.62. The van der Waals surface area contributed by atoms with E-state index in [1.54, 1.807) is 0 Å². The first-order valence-corrected chi connectivity index (χ1v) is 9.62. The third kappa shape index (κ3) is 7.55.